The van der Waals surface area contributed by atoms with Gasteiger partial charge in [-0.1, -0.05) is 18.2 Å². The van der Waals surface area contributed by atoms with E-state index < -0.39 is 16.6 Å². The zero-order chi connectivity index (χ0) is 22.1. The van der Waals surface area contributed by atoms with E-state index in [0.29, 0.717) is 18.7 Å². The monoisotopic (exact) mass is 440 g/mol. The first-order chi connectivity index (χ1) is 14.2. The van der Waals surface area contributed by atoms with Crippen LogP contribution in [0.1, 0.15) is 11.1 Å². The number of hydrogen-bond donors (Lipinski definition) is 2. The van der Waals surface area contributed by atoms with E-state index in [2.05, 4.69) is 14.8 Å². The highest BCUT2D eigenvalue weighted by Crippen LogP contribution is 2.29. The van der Waals surface area contributed by atoms with E-state index in [1.807, 2.05) is 0 Å². The smallest absolute Gasteiger partial charge is 0.387 e. The standard InChI is InChI=1S/C20H22F2N2O5S/c1-28-18-13-15(5-9-17(18)29-20(21)22)11-12-23-19(25)10-6-14-3-7-16(8-4-14)24-30(2,26)27/h3-10,13,20,24H,11-12H2,1-2H3,(H,23,25)/b10-6+. The molecule has 0 atom stereocenters. The third-order valence-corrected chi connectivity index (χ3v) is 4.40. The molecule has 2 rings (SSSR count). The summed E-state index contributed by atoms with van der Waals surface area (Å²) in [5.74, 6) is -0.174. The number of sulfonamides is 1. The van der Waals surface area contributed by atoms with Gasteiger partial charge in [-0.25, -0.2) is 8.42 Å². The summed E-state index contributed by atoms with van der Waals surface area (Å²) in [4.78, 5) is 11.9. The van der Waals surface area contributed by atoms with Crippen molar-refractivity contribution in [3.05, 3.63) is 59.7 Å². The highest BCUT2D eigenvalue weighted by Gasteiger charge is 2.11. The van der Waals surface area contributed by atoms with Gasteiger partial charge in [-0.3, -0.25) is 9.52 Å². The number of benzene rings is 2. The molecular formula is C20H22F2N2O5S. The summed E-state index contributed by atoms with van der Waals surface area (Å²) < 4.78 is 58.8. The van der Waals surface area contributed by atoms with Crippen LogP contribution in [0.4, 0.5) is 14.5 Å². The van der Waals surface area contributed by atoms with Gasteiger partial charge in [0.2, 0.25) is 15.9 Å². The van der Waals surface area contributed by atoms with Crippen LogP contribution in [0.15, 0.2) is 48.5 Å². The fourth-order valence-electron chi connectivity index (χ4n) is 2.50. The molecule has 10 heteroatoms. The quantitative estimate of drug-likeness (QED) is 0.554. The molecule has 2 aromatic carbocycles. The van der Waals surface area contributed by atoms with Crippen LogP contribution in [0.3, 0.4) is 0 Å². The molecule has 0 spiro atoms. The molecule has 0 bridgehead atoms. The van der Waals surface area contributed by atoms with E-state index in [0.717, 1.165) is 17.4 Å². The van der Waals surface area contributed by atoms with Crippen LogP contribution in [0.5, 0.6) is 11.5 Å². The van der Waals surface area contributed by atoms with Crippen LogP contribution in [0, 0.1) is 0 Å². The Hall–Kier alpha value is -3.14. The van der Waals surface area contributed by atoms with Crippen molar-refractivity contribution in [2.75, 3.05) is 24.6 Å². The van der Waals surface area contributed by atoms with Gasteiger partial charge in [-0.2, -0.15) is 8.78 Å². The van der Waals surface area contributed by atoms with Gasteiger partial charge in [0.15, 0.2) is 11.5 Å². The van der Waals surface area contributed by atoms with Crippen LogP contribution in [-0.4, -0.2) is 40.8 Å². The average molecular weight is 440 g/mol. The molecule has 30 heavy (non-hydrogen) atoms. The van der Waals surface area contributed by atoms with Crippen LogP contribution in [0.2, 0.25) is 0 Å². The van der Waals surface area contributed by atoms with Gasteiger partial charge in [-0.15, -0.1) is 0 Å². The van der Waals surface area contributed by atoms with Crippen molar-refractivity contribution in [1.29, 1.82) is 0 Å². The minimum Gasteiger partial charge on any atom is -0.493 e. The lowest BCUT2D eigenvalue weighted by Gasteiger charge is -2.11. The SMILES string of the molecule is COc1cc(CCNC(=O)/C=C/c2ccc(NS(C)(=O)=O)cc2)ccc1OC(F)F. The topological polar surface area (TPSA) is 93.7 Å². The van der Waals surface area contributed by atoms with Gasteiger partial charge in [0.05, 0.1) is 13.4 Å². The number of carbonyl (C=O) groups excluding carboxylic acids is 1. The zero-order valence-corrected chi connectivity index (χ0v) is 17.2. The lowest BCUT2D eigenvalue weighted by molar-refractivity contribution is -0.116. The number of methoxy groups -OCH3 is 1. The highest BCUT2D eigenvalue weighted by molar-refractivity contribution is 7.92. The third kappa shape index (κ3) is 8.08. The fourth-order valence-corrected chi connectivity index (χ4v) is 3.06. The van der Waals surface area contributed by atoms with Crippen LogP contribution >= 0.6 is 0 Å². The van der Waals surface area contributed by atoms with Gasteiger partial charge in [-0.05, 0) is 47.9 Å². The Balaban J connectivity index is 1.84. The number of halogens is 2. The van der Waals surface area contributed by atoms with Gasteiger partial charge < -0.3 is 14.8 Å². The fraction of sp³-hybridized carbons (Fsp3) is 0.250. The molecule has 162 valence electrons. The van der Waals surface area contributed by atoms with E-state index in [1.165, 1.54) is 19.3 Å². The molecule has 0 saturated heterocycles. The Labute approximate surface area is 173 Å². The van der Waals surface area contributed by atoms with E-state index in [4.69, 9.17) is 4.74 Å². The summed E-state index contributed by atoms with van der Waals surface area (Å²) in [7, 11) is -1.99. The van der Waals surface area contributed by atoms with Crippen molar-refractivity contribution in [3.63, 3.8) is 0 Å². The van der Waals surface area contributed by atoms with E-state index in [-0.39, 0.29) is 17.4 Å². The molecule has 0 fully saturated rings. The minimum absolute atomic E-state index is 0.0547. The number of rotatable bonds is 10. The minimum atomic E-state index is -3.34. The molecule has 0 aliphatic heterocycles. The second-order valence-corrected chi connectivity index (χ2v) is 7.98. The Kier molecular flexibility index (Phi) is 8.16. The number of anilines is 1. The first-order valence-electron chi connectivity index (χ1n) is 8.82. The number of ether oxygens (including phenoxy) is 2. The molecule has 2 aromatic rings. The van der Waals surface area contributed by atoms with Crippen molar-refractivity contribution < 1.29 is 31.5 Å². The van der Waals surface area contributed by atoms with Crippen molar-refractivity contribution in [2.24, 2.45) is 0 Å². The van der Waals surface area contributed by atoms with Crippen molar-refractivity contribution in [3.8, 4) is 11.5 Å². The molecular weight excluding hydrogens is 418 g/mol. The maximum atomic E-state index is 12.4. The lowest BCUT2D eigenvalue weighted by Crippen LogP contribution is -2.23. The molecule has 0 saturated carbocycles. The molecule has 0 aliphatic rings. The molecule has 7 nitrogen and oxygen atoms in total. The Morgan fingerprint density at radius 2 is 1.83 bits per heavy atom. The average Bonchev–Trinajstić information content (AvgIpc) is 2.67. The second kappa shape index (κ2) is 10.6. The van der Waals surface area contributed by atoms with E-state index in [9.17, 15) is 22.0 Å². The number of nitrogens with one attached hydrogen (secondary N) is 2. The normalized spacial score (nSPS) is 11.5. The van der Waals surface area contributed by atoms with Crippen LogP contribution in [-0.2, 0) is 21.2 Å². The van der Waals surface area contributed by atoms with Gasteiger partial charge >= 0.3 is 6.61 Å². The Morgan fingerprint density at radius 3 is 2.43 bits per heavy atom. The summed E-state index contributed by atoms with van der Waals surface area (Å²) >= 11 is 0. The number of carbonyl (C=O) groups is 1. The van der Waals surface area contributed by atoms with Gasteiger partial charge in [0.25, 0.3) is 0 Å². The van der Waals surface area contributed by atoms with Gasteiger partial charge in [0.1, 0.15) is 0 Å². The lowest BCUT2D eigenvalue weighted by atomic mass is 10.1. The third-order valence-electron chi connectivity index (χ3n) is 3.80. The largest absolute Gasteiger partial charge is 0.493 e. The van der Waals surface area contributed by atoms with Crippen molar-refractivity contribution >= 4 is 27.7 Å². The molecule has 1 amide bonds. The molecule has 2 N–H and O–H groups in total. The Bertz CT molecular complexity index is 993. The molecule has 0 aromatic heterocycles. The molecule has 0 unspecified atom stereocenters. The molecule has 0 heterocycles. The zero-order valence-electron chi connectivity index (χ0n) is 16.4. The highest BCUT2D eigenvalue weighted by atomic mass is 32.2. The summed E-state index contributed by atoms with van der Waals surface area (Å²) in [5, 5.41) is 2.72. The van der Waals surface area contributed by atoms with E-state index in [1.54, 1.807) is 42.5 Å². The number of alkyl halides is 2. The second-order valence-electron chi connectivity index (χ2n) is 6.23. The molecule has 0 radical (unpaired) electrons. The summed E-state index contributed by atoms with van der Waals surface area (Å²) in [6.07, 6.45) is 4.49. The summed E-state index contributed by atoms with van der Waals surface area (Å²) in [5.41, 5.74) is 1.94. The van der Waals surface area contributed by atoms with Crippen LogP contribution in [0.25, 0.3) is 6.08 Å². The first-order valence-corrected chi connectivity index (χ1v) is 10.7. The summed E-state index contributed by atoms with van der Waals surface area (Å²) in [6, 6.07) is 11.1. The van der Waals surface area contributed by atoms with Crippen LogP contribution < -0.4 is 19.5 Å². The van der Waals surface area contributed by atoms with E-state index >= 15 is 0 Å². The summed E-state index contributed by atoms with van der Waals surface area (Å²) in [6.45, 7) is -2.61. The Morgan fingerprint density at radius 1 is 1.13 bits per heavy atom. The van der Waals surface area contributed by atoms with Crippen molar-refractivity contribution in [2.45, 2.75) is 13.0 Å². The number of hydrogen-bond acceptors (Lipinski definition) is 5. The van der Waals surface area contributed by atoms with Gasteiger partial charge in [0, 0.05) is 18.3 Å². The predicted molar refractivity (Wildman–Crippen MR) is 110 cm³/mol. The van der Waals surface area contributed by atoms with Crippen molar-refractivity contribution in [1.82, 2.24) is 5.32 Å². The first kappa shape index (κ1) is 23.1. The maximum absolute atomic E-state index is 12.4. The number of amides is 1. The maximum Gasteiger partial charge on any atom is 0.387 e. The molecule has 0 aliphatic carbocycles. The predicted octanol–water partition coefficient (Wildman–Crippen LogP) is 3.04.